The van der Waals surface area contributed by atoms with Gasteiger partial charge in [0, 0.05) is 27.6 Å². The molecule has 1 saturated carbocycles. The molecule has 1 fully saturated rings. The molecule has 3 N–H and O–H groups in total. The zero-order valence-electron chi connectivity index (χ0n) is 10.9. The van der Waals surface area contributed by atoms with Crippen molar-refractivity contribution in [2.45, 2.75) is 43.4 Å². The standard InChI is InChI=1S/C14H20ClFN2S/c15-13-6-3-7-14(16)12(13)8-10(18-17)9-19-11-4-1-2-5-11/h3,6-7,10-11,18H,1-2,4-5,8-9,17H2. The predicted octanol–water partition coefficient (Wildman–Crippen LogP) is 3.53. The van der Waals surface area contributed by atoms with Crippen molar-refractivity contribution in [2.24, 2.45) is 5.84 Å². The highest BCUT2D eigenvalue weighted by Gasteiger charge is 2.19. The molecule has 0 spiro atoms. The summed E-state index contributed by atoms with van der Waals surface area (Å²) in [7, 11) is 0. The van der Waals surface area contributed by atoms with Crippen LogP contribution in [0, 0.1) is 5.82 Å². The van der Waals surface area contributed by atoms with Crippen LogP contribution in [0.4, 0.5) is 4.39 Å². The number of benzene rings is 1. The van der Waals surface area contributed by atoms with Gasteiger partial charge in [-0.3, -0.25) is 11.3 Å². The minimum absolute atomic E-state index is 0.0556. The van der Waals surface area contributed by atoms with E-state index in [4.69, 9.17) is 17.4 Å². The molecule has 0 aromatic heterocycles. The van der Waals surface area contributed by atoms with Crippen LogP contribution in [0.1, 0.15) is 31.2 Å². The molecule has 0 heterocycles. The van der Waals surface area contributed by atoms with Gasteiger partial charge < -0.3 is 0 Å². The predicted molar refractivity (Wildman–Crippen MR) is 80.9 cm³/mol. The summed E-state index contributed by atoms with van der Waals surface area (Å²) in [5.74, 6) is 6.22. The molecule has 0 saturated heterocycles. The first-order valence-corrected chi connectivity index (χ1v) is 8.14. The molecule has 1 aliphatic rings. The van der Waals surface area contributed by atoms with Crippen molar-refractivity contribution in [1.82, 2.24) is 5.43 Å². The summed E-state index contributed by atoms with van der Waals surface area (Å²) < 4.78 is 13.7. The molecule has 1 unspecified atom stereocenters. The van der Waals surface area contributed by atoms with Crippen LogP contribution in [0.3, 0.4) is 0 Å². The van der Waals surface area contributed by atoms with Crippen molar-refractivity contribution in [3.05, 3.63) is 34.6 Å². The Bertz CT molecular complexity index is 390. The number of halogens is 2. The Labute approximate surface area is 123 Å². The van der Waals surface area contributed by atoms with E-state index >= 15 is 0 Å². The SMILES string of the molecule is NNC(CSC1CCCC1)Cc1c(F)cccc1Cl. The van der Waals surface area contributed by atoms with Crippen LogP contribution >= 0.6 is 23.4 Å². The minimum Gasteiger partial charge on any atom is -0.271 e. The van der Waals surface area contributed by atoms with Crippen molar-refractivity contribution in [3.8, 4) is 0 Å². The second-order valence-electron chi connectivity index (χ2n) is 5.01. The Hall–Kier alpha value is -0.290. The Morgan fingerprint density at radius 3 is 2.79 bits per heavy atom. The Morgan fingerprint density at radius 2 is 2.16 bits per heavy atom. The first-order chi connectivity index (χ1) is 9.20. The fourth-order valence-electron chi connectivity index (χ4n) is 2.45. The average Bonchev–Trinajstić information content (AvgIpc) is 2.91. The van der Waals surface area contributed by atoms with E-state index in [-0.39, 0.29) is 11.9 Å². The first kappa shape index (κ1) is 15.1. The third kappa shape index (κ3) is 4.35. The smallest absolute Gasteiger partial charge is 0.127 e. The van der Waals surface area contributed by atoms with Gasteiger partial charge in [0.15, 0.2) is 0 Å². The highest BCUT2D eigenvalue weighted by molar-refractivity contribution is 7.99. The number of hydrogen-bond acceptors (Lipinski definition) is 3. The molecule has 2 rings (SSSR count). The third-order valence-electron chi connectivity index (χ3n) is 3.58. The molecule has 106 valence electrons. The molecule has 19 heavy (non-hydrogen) atoms. The summed E-state index contributed by atoms with van der Waals surface area (Å²) in [6.45, 7) is 0. The van der Waals surface area contributed by atoms with Crippen molar-refractivity contribution in [1.29, 1.82) is 0 Å². The van der Waals surface area contributed by atoms with E-state index in [1.807, 2.05) is 11.8 Å². The van der Waals surface area contributed by atoms with E-state index in [1.165, 1.54) is 31.7 Å². The average molecular weight is 303 g/mol. The van der Waals surface area contributed by atoms with E-state index in [1.54, 1.807) is 12.1 Å². The van der Waals surface area contributed by atoms with Crippen LogP contribution in [0.2, 0.25) is 5.02 Å². The number of hydrogen-bond donors (Lipinski definition) is 2. The summed E-state index contributed by atoms with van der Waals surface area (Å²) >= 11 is 7.98. The van der Waals surface area contributed by atoms with E-state index in [0.29, 0.717) is 17.0 Å². The van der Waals surface area contributed by atoms with Crippen LogP contribution < -0.4 is 11.3 Å². The van der Waals surface area contributed by atoms with Gasteiger partial charge >= 0.3 is 0 Å². The summed E-state index contributed by atoms with van der Waals surface area (Å²) in [5, 5.41) is 1.22. The van der Waals surface area contributed by atoms with E-state index in [9.17, 15) is 4.39 Å². The van der Waals surface area contributed by atoms with E-state index in [2.05, 4.69) is 5.43 Å². The molecule has 2 nitrogen and oxygen atoms in total. The minimum atomic E-state index is -0.251. The maximum atomic E-state index is 13.7. The maximum Gasteiger partial charge on any atom is 0.127 e. The van der Waals surface area contributed by atoms with E-state index in [0.717, 1.165) is 11.0 Å². The van der Waals surface area contributed by atoms with Gasteiger partial charge in [-0.1, -0.05) is 30.5 Å². The molecule has 1 aromatic rings. The molecule has 0 bridgehead atoms. The molecule has 0 radical (unpaired) electrons. The van der Waals surface area contributed by atoms with Crippen molar-refractivity contribution in [3.63, 3.8) is 0 Å². The summed E-state index contributed by atoms with van der Waals surface area (Å²) in [6.07, 6.45) is 5.78. The van der Waals surface area contributed by atoms with Gasteiger partial charge in [-0.2, -0.15) is 11.8 Å². The summed E-state index contributed by atoms with van der Waals surface area (Å²) in [5.41, 5.74) is 3.34. The zero-order chi connectivity index (χ0) is 13.7. The largest absolute Gasteiger partial charge is 0.271 e. The van der Waals surface area contributed by atoms with Crippen LogP contribution in [-0.2, 0) is 6.42 Å². The van der Waals surface area contributed by atoms with Gasteiger partial charge in [0.1, 0.15) is 5.82 Å². The lowest BCUT2D eigenvalue weighted by Crippen LogP contribution is -2.39. The molecular weight excluding hydrogens is 283 g/mol. The third-order valence-corrected chi connectivity index (χ3v) is 5.47. The van der Waals surface area contributed by atoms with Gasteiger partial charge in [-0.15, -0.1) is 0 Å². The first-order valence-electron chi connectivity index (χ1n) is 6.71. The second-order valence-corrected chi connectivity index (χ2v) is 6.75. The second kappa shape index (κ2) is 7.48. The normalized spacial score (nSPS) is 17.8. The number of rotatable bonds is 6. The van der Waals surface area contributed by atoms with Gasteiger partial charge in [0.05, 0.1) is 0 Å². The zero-order valence-corrected chi connectivity index (χ0v) is 12.4. The number of thioether (sulfide) groups is 1. The Kier molecular flexibility index (Phi) is 5.95. The van der Waals surface area contributed by atoms with Crippen molar-refractivity contribution in [2.75, 3.05) is 5.75 Å². The molecule has 1 atom stereocenters. The highest BCUT2D eigenvalue weighted by atomic mass is 35.5. The van der Waals surface area contributed by atoms with Gasteiger partial charge in [-0.25, -0.2) is 4.39 Å². The van der Waals surface area contributed by atoms with Crippen LogP contribution in [-0.4, -0.2) is 17.0 Å². The number of hydrazine groups is 1. The Balaban J connectivity index is 1.90. The molecule has 0 amide bonds. The fraction of sp³-hybridized carbons (Fsp3) is 0.571. The van der Waals surface area contributed by atoms with Crippen LogP contribution in [0.25, 0.3) is 0 Å². The molecule has 1 aromatic carbocycles. The quantitative estimate of drug-likeness (QED) is 0.623. The molecule has 5 heteroatoms. The van der Waals surface area contributed by atoms with E-state index < -0.39 is 0 Å². The lowest BCUT2D eigenvalue weighted by molar-refractivity contribution is 0.546. The molecular formula is C14H20ClFN2S. The van der Waals surface area contributed by atoms with Crippen LogP contribution in [0.5, 0.6) is 0 Å². The molecule has 1 aliphatic carbocycles. The maximum absolute atomic E-state index is 13.7. The lowest BCUT2D eigenvalue weighted by atomic mass is 10.1. The fourth-order valence-corrected chi connectivity index (χ4v) is 4.07. The van der Waals surface area contributed by atoms with Gasteiger partial charge in [-0.05, 0) is 31.4 Å². The van der Waals surface area contributed by atoms with Crippen molar-refractivity contribution >= 4 is 23.4 Å². The summed E-state index contributed by atoms with van der Waals surface area (Å²) in [4.78, 5) is 0. The van der Waals surface area contributed by atoms with Crippen LogP contribution in [0.15, 0.2) is 18.2 Å². The van der Waals surface area contributed by atoms with Crippen molar-refractivity contribution < 1.29 is 4.39 Å². The highest BCUT2D eigenvalue weighted by Crippen LogP contribution is 2.30. The number of nitrogens with two attached hydrogens (primary N) is 1. The topological polar surface area (TPSA) is 38.0 Å². The molecule has 0 aliphatic heterocycles. The van der Waals surface area contributed by atoms with Gasteiger partial charge in [0.2, 0.25) is 0 Å². The summed E-state index contributed by atoms with van der Waals surface area (Å²) in [6, 6.07) is 4.84. The Morgan fingerprint density at radius 1 is 1.42 bits per heavy atom. The monoisotopic (exact) mass is 302 g/mol. The van der Waals surface area contributed by atoms with Gasteiger partial charge in [0.25, 0.3) is 0 Å². The number of nitrogens with one attached hydrogen (secondary N) is 1. The lowest BCUT2D eigenvalue weighted by Gasteiger charge is -2.18.